The van der Waals surface area contributed by atoms with E-state index in [2.05, 4.69) is 5.32 Å². The van der Waals surface area contributed by atoms with Crippen molar-refractivity contribution in [3.8, 4) is 0 Å². The van der Waals surface area contributed by atoms with E-state index >= 15 is 0 Å². The lowest BCUT2D eigenvalue weighted by Crippen LogP contribution is -2.23. The molecular formula is C16H20N2O4. The zero-order valence-electron chi connectivity index (χ0n) is 12.4. The number of nitrogens with one attached hydrogen (secondary N) is 1. The van der Waals surface area contributed by atoms with Crippen LogP contribution in [0.4, 0.5) is 10.5 Å². The topological polar surface area (TPSA) is 67.9 Å². The molecule has 1 aromatic carbocycles. The van der Waals surface area contributed by atoms with Gasteiger partial charge in [0.2, 0.25) is 5.91 Å². The number of hydrogen-bond acceptors (Lipinski definition) is 4. The first kappa shape index (κ1) is 14.8. The first-order valence-electron chi connectivity index (χ1n) is 7.63. The summed E-state index contributed by atoms with van der Waals surface area (Å²) in [5, 5.41) is 2.87. The van der Waals surface area contributed by atoms with Crippen LogP contribution in [0, 0.1) is 0 Å². The molecule has 0 spiro atoms. The fourth-order valence-electron chi connectivity index (χ4n) is 2.71. The molecule has 0 aliphatic carbocycles. The maximum absolute atomic E-state index is 11.9. The average molecular weight is 304 g/mol. The van der Waals surface area contributed by atoms with Crippen molar-refractivity contribution >= 4 is 17.7 Å². The third kappa shape index (κ3) is 3.76. The van der Waals surface area contributed by atoms with Gasteiger partial charge in [0, 0.05) is 18.8 Å². The van der Waals surface area contributed by atoms with Gasteiger partial charge in [-0.2, -0.15) is 0 Å². The summed E-state index contributed by atoms with van der Waals surface area (Å²) >= 11 is 0. The van der Waals surface area contributed by atoms with Crippen molar-refractivity contribution in [1.29, 1.82) is 0 Å². The Morgan fingerprint density at radius 2 is 2.09 bits per heavy atom. The van der Waals surface area contributed by atoms with Crippen LogP contribution in [-0.4, -0.2) is 42.8 Å². The van der Waals surface area contributed by atoms with Crippen LogP contribution >= 0.6 is 0 Å². The zero-order chi connectivity index (χ0) is 15.4. The minimum atomic E-state index is -0.269. The molecule has 1 atom stereocenters. The number of carbonyl (C=O) groups is 2. The Morgan fingerprint density at radius 3 is 2.73 bits per heavy atom. The van der Waals surface area contributed by atoms with Gasteiger partial charge in [0.05, 0.1) is 19.1 Å². The molecule has 1 N–H and O–H groups in total. The summed E-state index contributed by atoms with van der Waals surface area (Å²) in [5.74, 6) is -0.0252. The highest BCUT2D eigenvalue weighted by molar-refractivity contribution is 5.91. The van der Waals surface area contributed by atoms with Crippen molar-refractivity contribution in [2.45, 2.75) is 31.9 Å². The molecule has 6 nitrogen and oxygen atoms in total. The van der Waals surface area contributed by atoms with Crippen LogP contribution in [0.2, 0.25) is 0 Å². The summed E-state index contributed by atoms with van der Waals surface area (Å²) in [7, 11) is 0. The van der Waals surface area contributed by atoms with Crippen LogP contribution in [0.3, 0.4) is 0 Å². The number of amides is 2. The van der Waals surface area contributed by atoms with Gasteiger partial charge in [0.15, 0.2) is 0 Å². The molecule has 0 unspecified atom stereocenters. The highest BCUT2D eigenvalue weighted by Gasteiger charge is 2.22. The molecule has 2 aliphatic heterocycles. The van der Waals surface area contributed by atoms with Crippen molar-refractivity contribution in [2.24, 2.45) is 0 Å². The molecule has 0 bridgehead atoms. The molecule has 0 aromatic heterocycles. The van der Waals surface area contributed by atoms with Gasteiger partial charge in [-0.3, -0.25) is 4.79 Å². The summed E-state index contributed by atoms with van der Waals surface area (Å²) in [4.78, 5) is 25.0. The lowest BCUT2D eigenvalue weighted by molar-refractivity contribution is -0.118. The number of nitrogens with zero attached hydrogens (tertiary/aromatic N) is 1. The van der Waals surface area contributed by atoms with Gasteiger partial charge in [0.25, 0.3) is 0 Å². The van der Waals surface area contributed by atoms with Crippen LogP contribution < -0.4 is 5.32 Å². The standard InChI is InChI=1S/C16H20N2O4/c19-15(10-14-2-1-8-21-14)17-13-5-3-12(4-6-13)11-18-7-9-22-16(18)20/h3-6,14H,1-2,7-11H2,(H,17,19)/t14-/m0/s1. The summed E-state index contributed by atoms with van der Waals surface area (Å²) in [6.45, 7) is 2.36. The number of ether oxygens (including phenoxy) is 2. The van der Waals surface area contributed by atoms with Crippen LogP contribution in [0.1, 0.15) is 24.8 Å². The summed E-state index contributed by atoms with van der Waals surface area (Å²) in [6, 6.07) is 7.52. The first-order valence-corrected chi connectivity index (χ1v) is 7.63. The maximum atomic E-state index is 11.9. The molecule has 1 aromatic rings. The SMILES string of the molecule is O=C(C[C@@H]1CCCO1)Nc1ccc(CN2CCOC2=O)cc1. The second kappa shape index (κ2) is 6.79. The van der Waals surface area contributed by atoms with Crippen molar-refractivity contribution in [3.63, 3.8) is 0 Å². The van der Waals surface area contributed by atoms with Gasteiger partial charge in [-0.15, -0.1) is 0 Å². The molecule has 0 radical (unpaired) electrons. The van der Waals surface area contributed by atoms with Crippen LogP contribution in [-0.2, 0) is 20.8 Å². The van der Waals surface area contributed by atoms with E-state index in [1.807, 2.05) is 24.3 Å². The molecular weight excluding hydrogens is 284 g/mol. The lowest BCUT2D eigenvalue weighted by Gasteiger charge is -2.13. The Kier molecular flexibility index (Phi) is 4.58. The van der Waals surface area contributed by atoms with Gasteiger partial charge >= 0.3 is 6.09 Å². The summed E-state index contributed by atoms with van der Waals surface area (Å²) in [5.41, 5.74) is 1.77. The number of hydrogen-bond donors (Lipinski definition) is 1. The van der Waals surface area contributed by atoms with Crippen molar-refractivity contribution in [2.75, 3.05) is 25.1 Å². The smallest absolute Gasteiger partial charge is 0.410 e. The molecule has 2 heterocycles. The summed E-state index contributed by atoms with van der Waals surface area (Å²) < 4.78 is 10.4. The fraction of sp³-hybridized carbons (Fsp3) is 0.500. The summed E-state index contributed by atoms with van der Waals surface area (Å²) in [6.07, 6.45) is 2.18. The molecule has 0 saturated carbocycles. The quantitative estimate of drug-likeness (QED) is 0.905. The van der Waals surface area contributed by atoms with Crippen LogP contribution in [0.15, 0.2) is 24.3 Å². The molecule has 2 fully saturated rings. The van der Waals surface area contributed by atoms with Gasteiger partial charge in [-0.1, -0.05) is 12.1 Å². The van der Waals surface area contributed by atoms with E-state index in [1.165, 1.54) is 0 Å². The Balaban J connectivity index is 1.50. The number of cyclic esters (lactones) is 1. The molecule has 3 rings (SSSR count). The van der Waals surface area contributed by atoms with E-state index in [1.54, 1.807) is 4.90 Å². The van der Waals surface area contributed by atoms with Gasteiger partial charge in [-0.05, 0) is 30.5 Å². The van der Waals surface area contributed by atoms with E-state index in [4.69, 9.17) is 9.47 Å². The monoisotopic (exact) mass is 304 g/mol. The Morgan fingerprint density at radius 1 is 1.27 bits per heavy atom. The lowest BCUT2D eigenvalue weighted by atomic mass is 10.1. The maximum Gasteiger partial charge on any atom is 0.410 e. The third-order valence-electron chi connectivity index (χ3n) is 3.89. The van der Waals surface area contributed by atoms with Crippen LogP contribution in [0.25, 0.3) is 0 Å². The van der Waals surface area contributed by atoms with E-state index in [-0.39, 0.29) is 18.1 Å². The Hall–Kier alpha value is -2.08. The number of benzene rings is 1. The predicted molar refractivity (Wildman–Crippen MR) is 80.4 cm³/mol. The Labute approximate surface area is 129 Å². The Bertz CT molecular complexity index is 538. The molecule has 2 saturated heterocycles. The third-order valence-corrected chi connectivity index (χ3v) is 3.89. The van der Waals surface area contributed by atoms with E-state index in [9.17, 15) is 9.59 Å². The second-order valence-corrected chi connectivity index (χ2v) is 5.62. The van der Waals surface area contributed by atoms with Crippen molar-refractivity contribution in [1.82, 2.24) is 4.90 Å². The first-order chi connectivity index (χ1) is 10.7. The minimum absolute atomic E-state index is 0.0252. The number of anilines is 1. The van der Waals surface area contributed by atoms with Crippen LogP contribution in [0.5, 0.6) is 0 Å². The molecule has 118 valence electrons. The minimum Gasteiger partial charge on any atom is -0.448 e. The van der Waals surface area contributed by atoms with Gasteiger partial charge < -0.3 is 19.7 Å². The van der Waals surface area contributed by atoms with Crippen molar-refractivity contribution < 1.29 is 19.1 Å². The largest absolute Gasteiger partial charge is 0.448 e. The molecule has 22 heavy (non-hydrogen) atoms. The van der Waals surface area contributed by atoms with Gasteiger partial charge in [-0.25, -0.2) is 4.79 Å². The van der Waals surface area contributed by atoms with E-state index in [0.29, 0.717) is 26.1 Å². The average Bonchev–Trinajstić information content (AvgIpc) is 3.14. The predicted octanol–water partition coefficient (Wildman–Crippen LogP) is 2.15. The highest BCUT2D eigenvalue weighted by atomic mass is 16.6. The fourth-order valence-corrected chi connectivity index (χ4v) is 2.71. The van der Waals surface area contributed by atoms with E-state index in [0.717, 1.165) is 30.7 Å². The van der Waals surface area contributed by atoms with E-state index < -0.39 is 0 Å². The highest BCUT2D eigenvalue weighted by Crippen LogP contribution is 2.17. The molecule has 2 aliphatic rings. The zero-order valence-corrected chi connectivity index (χ0v) is 12.4. The molecule has 2 amide bonds. The number of rotatable bonds is 5. The van der Waals surface area contributed by atoms with Gasteiger partial charge in [0.1, 0.15) is 6.61 Å². The number of carbonyl (C=O) groups excluding carboxylic acids is 2. The normalized spacial score (nSPS) is 21.0. The second-order valence-electron chi connectivity index (χ2n) is 5.62. The molecule has 6 heteroatoms. The van der Waals surface area contributed by atoms with Crippen molar-refractivity contribution in [3.05, 3.63) is 29.8 Å².